The first-order chi connectivity index (χ1) is 11.1. The molecule has 0 saturated carbocycles. The fourth-order valence-corrected chi connectivity index (χ4v) is 3.11. The standard InChI is InChI=1S/C17H15FN2O3/c18-13-6-1-2-7-14(13)20-10-4-8-17(20,16(22)23)15(21)12-5-3-9-19-11-12/h1-3,5-7,9,11H,4,8,10H2,(H,22,23). The van der Waals surface area contributed by atoms with Gasteiger partial charge in [-0.3, -0.25) is 9.78 Å². The Kier molecular flexibility index (Phi) is 3.82. The lowest BCUT2D eigenvalue weighted by atomic mass is 9.86. The number of hydrogen-bond donors (Lipinski definition) is 1. The molecule has 118 valence electrons. The molecule has 0 aliphatic carbocycles. The Morgan fingerprint density at radius 1 is 1.22 bits per heavy atom. The molecule has 1 atom stereocenters. The Bertz CT molecular complexity index is 751. The number of para-hydroxylation sites is 1. The highest BCUT2D eigenvalue weighted by atomic mass is 19.1. The number of hydrogen-bond acceptors (Lipinski definition) is 4. The van der Waals surface area contributed by atoms with Gasteiger partial charge in [0.15, 0.2) is 0 Å². The minimum absolute atomic E-state index is 0.129. The van der Waals surface area contributed by atoms with Gasteiger partial charge < -0.3 is 10.0 Å². The molecule has 1 aliphatic rings. The third kappa shape index (κ3) is 2.36. The summed E-state index contributed by atoms with van der Waals surface area (Å²) >= 11 is 0. The van der Waals surface area contributed by atoms with Crippen molar-refractivity contribution in [3.05, 3.63) is 60.2 Å². The number of nitrogens with zero attached hydrogens (tertiary/aromatic N) is 2. The smallest absolute Gasteiger partial charge is 0.337 e. The molecule has 6 heteroatoms. The predicted molar refractivity (Wildman–Crippen MR) is 81.9 cm³/mol. The minimum Gasteiger partial charge on any atom is -0.479 e. The number of pyridine rings is 1. The van der Waals surface area contributed by atoms with Crippen molar-refractivity contribution < 1.29 is 19.1 Å². The topological polar surface area (TPSA) is 70.5 Å². The number of anilines is 1. The molecular weight excluding hydrogens is 299 g/mol. The van der Waals surface area contributed by atoms with Crippen molar-refractivity contribution in [1.29, 1.82) is 0 Å². The van der Waals surface area contributed by atoms with E-state index < -0.39 is 23.1 Å². The summed E-state index contributed by atoms with van der Waals surface area (Å²) in [4.78, 5) is 30.2. The van der Waals surface area contributed by atoms with Gasteiger partial charge in [0.2, 0.25) is 11.3 Å². The first-order valence-corrected chi connectivity index (χ1v) is 7.28. The van der Waals surface area contributed by atoms with Crippen LogP contribution < -0.4 is 4.90 Å². The van der Waals surface area contributed by atoms with Gasteiger partial charge in [-0.1, -0.05) is 12.1 Å². The van der Waals surface area contributed by atoms with E-state index in [1.165, 1.54) is 41.6 Å². The highest BCUT2D eigenvalue weighted by Gasteiger charge is 2.54. The number of ketones is 1. The van der Waals surface area contributed by atoms with Crippen molar-refractivity contribution in [2.45, 2.75) is 18.4 Å². The summed E-state index contributed by atoms with van der Waals surface area (Å²) in [6, 6.07) is 9.00. The molecule has 1 aliphatic heterocycles. The molecule has 0 bridgehead atoms. The molecule has 3 rings (SSSR count). The van der Waals surface area contributed by atoms with E-state index in [1.807, 2.05) is 0 Å². The van der Waals surface area contributed by atoms with E-state index in [1.54, 1.807) is 12.1 Å². The van der Waals surface area contributed by atoms with E-state index in [0.717, 1.165) is 0 Å². The second-order valence-corrected chi connectivity index (χ2v) is 5.44. The first kappa shape index (κ1) is 15.1. The van der Waals surface area contributed by atoms with Gasteiger partial charge in [-0.25, -0.2) is 9.18 Å². The summed E-state index contributed by atoms with van der Waals surface area (Å²) in [5.41, 5.74) is -1.46. The second kappa shape index (κ2) is 5.79. The van der Waals surface area contributed by atoms with E-state index in [-0.39, 0.29) is 17.7 Å². The quantitative estimate of drug-likeness (QED) is 0.693. The van der Waals surface area contributed by atoms with E-state index >= 15 is 0 Å². The van der Waals surface area contributed by atoms with Gasteiger partial charge in [-0.15, -0.1) is 0 Å². The number of carbonyl (C=O) groups is 2. The summed E-state index contributed by atoms with van der Waals surface area (Å²) < 4.78 is 14.2. The number of carboxylic acids is 1. The van der Waals surface area contributed by atoms with Gasteiger partial charge in [0.1, 0.15) is 5.82 Å². The van der Waals surface area contributed by atoms with Crippen molar-refractivity contribution in [2.24, 2.45) is 0 Å². The zero-order valence-corrected chi connectivity index (χ0v) is 12.3. The van der Waals surface area contributed by atoms with Gasteiger partial charge in [0.05, 0.1) is 5.69 Å². The number of aliphatic carboxylic acids is 1. The summed E-state index contributed by atoms with van der Waals surface area (Å²) in [6.07, 6.45) is 3.47. The maximum absolute atomic E-state index is 14.2. The van der Waals surface area contributed by atoms with Gasteiger partial charge in [0.25, 0.3) is 0 Å². The SMILES string of the molecule is O=C(O)C1(C(=O)c2cccnc2)CCCN1c1ccccc1F. The molecule has 1 fully saturated rings. The maximum Gasteiger partial charge on any atom is 0.337 e. The Morgan fingerprint density at radius 2 is 2.00 bits per heavy atom. The van der Waals surface area contributed by atoms with Crippen molar-refractivity contribution >= 4 is 17.4 Å². The third-order valence-corrected chi connectivity index (χ3v) is 4.18. The Morgan fingerprint density at radius 3 is 2.65 bits per heavy atom. The summed E-state index contributed by atoms with van der Waals surface area (Å²) in [5.74, 6) is -2.38. The summed E-state index contributed by atoms with van der Waals surface area (Å²) in [5, 5.41) is 9.81. The summed E-state index contributed by atoms with van der Waals surface area (Å²) in [7, 11) is 0. The fourth-order valence-electron chi connectivity index (χ4n) is 3.11. The average Bonchev–Trinajstić information content (AvgIpc) is 3.01. The fraction of sp³-hybridized carbons (Fsp3) is 0.235. The number of halogens is 1. The van der Waals surface area contributed by atoms with Crippen LogP contribution in [0.3, 0.4) is 0 Å². The monoisotopic (exact) mass is 314 g/mol. The van der Waals surface area contributed by atoms with Crippen LogP contribution in [0.5, 0.6) is 0 Å². The number of carbonyl (C=O) groups excluding carboxylic acids is 1. The van der Waals surface area contributed by atoms with Crippen LogP contribution >= 0.6 is 0 Å². The van der Waals surface area contributed by atoms with Gasteiger partial charge in [0, 0.05) is 24.5 Å². The van der Waals surface area contributed by atoms with Crippen molar-refractivity contribution in [3.8, 4) is 0 Å². The Labute approximate surface area is 132 Å². The van der Waals surface area contributed by atoms with Crippen molar-refractivity contribution in [2.75, 3.05) is 11.4 Å². The van der Waals surface area contributed by atoms with E-state index in [9.17, 15) is 19.1 Å². The summed E-state index contributed by atoms with van der Waals surface area (Å²) in [6.45, 7) is 0.305. The largest absolute Gasteiger partial charge is 0.479 e. The Balaban J connectivity index is 2.12. The van der Waals surface area contributed by atoms with Gasteiger partial charge >= 0.3 is 5.97 Å². The van der Waals surface area contributed by atoms with Crippen LogP contribution in [0.2, 0.25) is 0 Å². The molecule has 5 nitrogen and oxygen atoms in total. The number of Topliss-reactive ketones (excluding diaryl/α,β-unsaturated/α-hetero) is 1. The molecule has 0 amide bonds. The molecule has 1 N–H and O–H groups in total. The number of benzene rings is 1. The highest BCUT2D eigenvalue weighted by Crippen LogP contribution is 2.38. The van der Waals surface area contributed by atoms with E-state index in [0.29, 0.717) is 13.0 Å². The predicted octanol–water partition coefficient (Wildman–Crippen LogP) is 2.53. The molecule has 2 heterocycles. The van der Waals surface area contributed by atoms with Crippen LogP contribution in [-0.2, 0) is 4.79 Å². The van der Waals surface area contributed by atoms with Crippen LogP contribution in [0.25, 0.3) is 0 Å². The van der Waals surface area contributed by atoms with E-state index in [4.69, 9.17) is 0 Å². The molecule has 0 spiro atoms. The van der Waals surface area contributed by atoms with Crippen LogP contribution in [-0.4, -0.2) is 33.9 Å². The number of rotatable bonds is 4. The van der Waals surface area contributed by atoms with Crippen molar-refractivity contribution in [3.63, 3.8) is 0 Å². The van der Waals surface area contributed by atoms with E-state index in [2.05, 4.69) is 4.98 Å². The minimum atomic E-state index is -1.80. The second-order valence-electron chi connectivity index (χ2n) is 5.44. The lowest BCUT2D eigenvalue weighted by Crippen LogP contribution is -2.57. The highest BCUT2D eigenvalue weighted by molar-refractivity contribution is 6.18. The van der Waals surface area contributed by atoms with Gasteiger partial charge in [-0.05, 0) is 37.1 Å². The first-order valence-electron chi connectivity index (χ1n) is 7.28. The van der Waals surface area contributed by atoms with Crippen LogP contribution in [0, 0.1) is 5.82 Å². The maximum atomic E-state index is 14.2. The number of carboxylic acid groups (broad SMARTS) is 1. The lowest BCUT2D eigenvalue weighted by Gasteiger charge is -2.35. The lowest BCUT2D eigenvalue weighted by molar-refractivity contribution is -0.141. The molecule has 0 radical (unpaired) electrons. The molecule has 23 heavy (non-hydrogen) atoms. The number of aromatic nitrogens is 1. The third-order valence-electron chi connectivity index (χ3n) is 4.18. The molecule has 1 aromatic heterocycles. The zero-order valence-electron chi connectivity index (χ0n) is 12.3. The normalized spacial score (nSPS) is 20.5. The Hall–Kier alpha value is -2.76. The van der Waals surface area contributed by atoms with Crippen LogP contribution in [0.1, 0.15) is 23.2 Å². The van der Waals surface area contributed by atoms with Crippen LogP contribution in [0.4, 0.5) is 10.1 Å². The average molecular weight is 314 g/mol. The molecule has 1 unspecified atom stereocenters. The zero-order chi connectivity index (χ0) is 16.4. The molecule has 2 aromatic rings. The molecule has 1 saturated heterocycles. The van der Waals surface area contributed by atoms with Crippen molar-refractivity contribution in [1.82, 2.24) is 4.98 Å². The molecular formula is C17H15FN2O3. The van der Waals surface area contributed by atoms with Crippen LogP contribution in [0.15, 0.2) is 48.8 Å². The molecule has 1 aromatic carbocycles. The van der Waals surface area contributed by atoms with Gasteiger partial charge in [-0.2, -0.15) is 0 Å².